The number of carbonyl (C=O) groups excluding carboxylic acids is 2. The molecule has 0 bridgehead atoms. The van der Waals surface area contributed by atoms with Crippen molar-refractivity contribution in [1.29, 1.82) is 0 Å². The number of halogens is 1. The van der Waals surface area contributed by atoms with E-state index in [0.29, 0.717) is 23.4 Å². The molecule has 1 amide bonds. The van der Waals surface area contributed by atoms with Crippen LogP contribution in [0.15, 0.2) is 72.8 Å². The first kappa shape index (κ1) is 20.1. The van der Waals surface area contributed by atoms with Gasteiger partial charge in [0.05, 0.1) is 18.6 Å². The highest BCUT2D eigenvalue weighted by atomic mass is 19.1. The maximum absolute atomic E-state index is 13.6. The topological polar surface area (TPSA) is 67.4 Å². The van der Waals surface area contributed by atoms with Crippen LogP contribution in [-0.4, -0.2) is 18.5 Å². The molecule has 0 saturated heterocycles. The van der Waals surface area contributed by atoms with E-state index in [1.54, 1.807) is 61.5 Å². The monoisotopic (exact) mass is 392 g/mol. The van der Waals surface area contributed by atoms with Gasteiger partial charge in [-0.3, -0.25) is 4.79 Å². The van der Waals surface area contributed by atoms with E-state index < -0.39 is 5.82 Å². The number of anilines is 3. The Morgan fingerprint density at radius 3 is 2.07 bits per heavy atom. The normalized spacial score (nSPS) is 10.3. The molecule has 0 spiro atoms. The van der Waals surface area contributed by atoms with Crippen LogP contribution in [-0.2, 0) is 16.0 Å². The van der Waals surface area contributed by atoms with Crippen molar-refractivity contribution in [3.05, 3.63) is 89.7 Å². The molecule has 0 aromatic heterocycles. The number of nitrogens with one attached hydrogen (secondary N) is 2. The summed E-state index contributed by atoms with van der Waals surface area (Å²) >= 11 is 0. The van der Waals surface area contributed by atoms with Crippen molar-refractivity contribution in [1.82, 2.24) is 0 Å². The summed E-state index contributed by atoms with van der Waals surface area (Å²) in [4.78, 5) is 23.8. The maximum atomic E-state index is 13.6. The van der Waals surface area contributed by atoms with Crippen molar-refractivity contribution in [2.75, 3.05) is 17.2 Å². The fourth-order valence-corrected chi connectivity index (χ4v) is 2.73. The van der Waals surface area contributed by atoms with Crippen LogP contribution < -0.4 is 10.6 Å². The van der Waals surface area contributed by atoms with Crippen LogP contribution in [0.3, 0.4) is 0 Å². The van der Waals surface area contributed by atoms with Gasteiger partial charge in [0.15, 0.2) is 0 Å². The average Bonchev–Trinajstić information content (AvgIpc) is 2.72. The minimum absolute atomic E-state index is 0.0283. The fraction of sp³-hybridized carbons (Fsp3) is 0.130. The van der Waals surface area contributed by atoms with Crippen LogP contribution in [0, 0.1) is 5.82 Å². The summed E-state index contributed by atoms with van der Waals surface area (Å²) in [6.45, 7) is 2.10. The third-order valence-corrected chi connectivity index (χ3v) is 4.16. The number of benzene rings is 3. The zero-order valence-corrected chi connectivity index (χ0v) is 15.9. The molecule has 3 aromatic carbocycles. The Hall–Kier alpha value is -3.67. The van der Waals surface area contributed by atoms with E-state index in [2.05, 4.69) is 10.6 Å². The first-order chi connectivity index (χ1) is 14.0. The number of esters is 1. The van der Waals surface area contributed by atoms with Gasteiger partial charge >= 0.3 is 5.97 Å². The molecule has 5 nitrogen and oxygen atoms in total. The summed E-state index contributed by atoms with van der Waals surface area (Å²) < 4.78 is 18.6. The van der Waals surface area contributed by atoms with E-state index in [1.165, 1.54) is 6.07 Å². The molecule has 0 unspecified atom stereocenters. The maximum Gasteiger partial charge on any atom is 0.338 e. The fourth-order valence-electron chi connectivity index (χ4n) is 2.73. The Kier molecular flexibility index (Phi) is 6.58. The summed E-state index contributed by atoms with van der Waals surface area (Å²) in [5.74, 6) is -1.03. The third-order valence-electron chi connectivity index (χ3n) is 4.16. The minimum atomic E-state index is -0.392. The second-order valence-corrected chi connectivity index (χ2v) is 6.32. The lowest BCUT2D eigenvalue weighted by atomic mass is 10.1. The van der Waals surface area contributed by atoms with Gasteiger partial charge in [0.1, 0.15) is 5.82 Å². The predicted octanol–water partition coefficient (Wildman–Crippen LogP) is 4.93. The molecule has 0 heterocycles. The molecular formula is C23H21FN2O3. The van der Waals surface area contributed by atoms with E-state index in [0.717, 1.165) is 11.4 Å². The molecule has 0 aliphatic carbocycles. The number of carbonyl (C=O) groups is 2. The summed E-state index contributed by atoms with van der Waals surface area (Å²) in [7, 11) is 0. The van der Waals surface area contributed by atoms with Crippen LogP contribution in [0.4, 0.5) is 21.5 Å². The molecule has 3 aromatic rings. The lowest BCUT2D eigenvalue weighted by Gasteiger charge is -2.10. The number of rotatable bonds is 7. The predicted molar refractivity (Wildman–Crippen MR) is 111 cm³/mol. The van der Waals surface area contributed by atoms with Gasteiger partial charge in [0, 0.05) is 17.1 Å². The van der Waals surface area contributed by atoms with Crippen molar-refractivity contribution in [3.8, 4) is 0 Å². The first-order valence-corrected chi connectivity index (χ1v) is 9.22. The van der Waals surface area contributed by atoms with E-state index in [9.17, 15) is 14.0 Å². The second-order valence-electron chi connectivity index (χ2n) is 6.32. The van der Waals surface area contributed by atoms with Gasteiger partial charge in [-0.15, -0.1) is 0 Å². The molecule has 6 heteroatoms. The van der Waals surface area contributed by atoms with E-state index in [-0.39, 0.29) is 18.3 Å². The van der Waals surface area contributed by atoms with Crippen molar-refractivity contribution in [2.24, 2.45) is 0 Å². The third kappa shape index (κ3) is 5.65. The Bertz CT molecular complexity index is 986. The summed E-state index contributed by atoms with van der Waals surface area (Å²) in [6.07, 6.45) is -0.0283. The van der Waals surface area contributed by atoms with Gasteiger partial charge < -0.3 is 15.4 Å². The molecule has 0 saturated carbocycles. The number of hydrogen-bond acceptors (Lipinski definition) is 4. The Labute approximate surface area is 168 Å². The van der Waals surface area contributed by atoms with Crippen LogP contribution in [0.2, 0.25) is 0 Å². The summed E-state index contributed by atoms with van der Waals surface area (Å²) in [5.41, 5.74) is 3.10. The Morgan fingerprint density at radius 2 is 1.45 bits per heavy atom. The highest BCUT2D eigenvalue weighted by Crippen LogP contribution is 2.20. The molecule has 0 fully saturated rings. The quantitative estimate of drug-likeness (QED) is 0.560. The van der Waals surface area contributed by atoms with E-state index in [1.807, 2.05) is 12.1 Å². The molecule has 148 valence electrons. The van der Waals surface area contributed by atoms with Crippen LogP contribution in [0.1, 0.15) is 22.8 Å². The molecule has 0 aliphatic rings. The SMILES string of the molecule is CCOC(=O)c1ccc(Nc2ccc(NC(=O)Cc3ccccc3F)cc2)cc1. The van der Waals surface area contributed by atoms with Crippen LogP contribution in [0.5, 0.6) is 0 Å². The standard InChI is InChI=1S/C23H21FN2O3/c1-2-29-23(28)16-7-9-18(10-8-16)25-19-11-13-20(14-12-19)26-22(27)15-17-5-3-4-6-21(17)24/h3-14,25H,2,15H2,1H3,(H,26,27). The average molecular weight is 392 g/mol. The van der Waals surface area contributed by atoms with Gasteiger partial charge in [-0.2, -0.15) is 0 Å². The van der Waals surface area contributed by atoms with Crippen molar-refractivity contribution >= 4 is 28.9 Å². The molecule has 0 aliphatic heterocycles. The molecular weight excluding hydrogens is 371 g/mol. The number of amides is 1. The first-order valence-electron chi connectivity index (χ1n) is 9.22. The van der Waals surface area contributed by atoms with Gasteiger partial charge in [0.2, 0.25) is 5.91 Å². The van der Waals surface area contributed by atoms with Crippen LogP contribution >= 0.6 is 0 Å². The largest absolute Gasteiger partial charge is 0.462 e. The summed E-state index contributed by atoms with van der Waals surface area (Å²) in [5, 5.41) is 5.97. The minimum Gasteiger partial charge on any atom is -0.462 e. The number of hydrogen-bond donors (Lipinski definition) is 2. The highest BCUT2D eigenvalue weighted by molar-refractivity contribution is 5.92. The van der Waals surface area contributed by atoms with Crippen molar-refractivity contribution < 1.29 is 18.7 Å². The van der Waals surface area contributed by atoms with Crippen molar-refractivity contribution in [3.63, 3.8) is 0 Å². The highest BCUT2D eigenvalue weighted by Gasteiger charge is 2.08. The van der Waals surface area contributed by atoms with Crippen molar-refractivity contribution in [2.45, 2.75) is 13.3 Å². The molecule has 3 rings (SSSR count). The van der Waals surface area contributed by atoms with Gasteiger partial charge in [0.25, 0.3) is 0 Å². The van der Waals surface area contributed by atoms with Gasteiger partial charge in [-0.25, -0.2) is 9.18 Å². The zero-order valence-electron chi connectivity index (χ0n) is 15.9. The van der Waals surface area contributed by atoms with E-state index >= 15 is 0 Å². The molecule has 0 atom stereocenters. The number of ether oxygens (including phenoxy) is 1. The van der Waals surface area contributed by atoms with Gasteiger partial charge in [-0.1, -0.05) is 18.2 Å². The lowest BCUT2D eigenvalue weighted by Crippen LogP contribution is -2.15. The second kappa shape index (κ2) is 9.50. The lowest BCUT2D eigenvalue weighted by molar-refractivity contribution is -0.115. The van der Waals surface area contributed by atoms with Gasteiger partial charge in [-0.05, 0) is 67.1 Å². The smallest absolute Gasteiger partial charge is 0.338 e. The van der Waals surface area contributed by atoms with Crippen LogP contribution in [0.25, 0.3) is 0 Å². The summed E-state index contributed by atoms with van der Waals surface area (Å²) in [6, 6.07) is 20.3. The molecule has 2 N–H and O–H groups in total. The zero-order chi connectivity index (χ0) is 20.6. The molecule has 29 heavy (non-hydrogen) atoms. The molecule has 0 radical (unpaired) electrons. The Morgan fingerprint density at radius 1 is 0.862 bits per heavy atom. The van der Waals surface area contributed by atoms with E-state index in [4.69, 9.17) is 4.74 Å². The Balaban J connectivity index is 1.56.